The van der Waals surface area contributed by atoms with Gasteiger partial charge >= 0.3 is 0 Å². The molecule has 0 unspecified atom stereocenters. The number of alkyl halides is 1. The first-order valence-corrected chi connectivity index (χ1v) is 7.53. The number of carbonyl (C=O) groups is 1. The summed E-state index contributed by atoms with van der Waals surface area (Å²) in [4.78, 5) is 10.6. The molecule has 0 saturated heterocycles. The first-order valence-electron chi connectivity index (χ1n) is 5.64. The standard InChI is InChI=1S/C7H4N2O2S.C5H13BrN/c10-7(11)4-2-1-3-5-6(4)12-9-8-5;1-7(2,3)5-4-6/h1-3H,(H,10,11);4-5H2,1-3H3/q;+1/p-1. The van der Waals surface area contributed by atoms with Crippen LogP contribution in [-0.4, -0.2) is 53.1 Å². The number of fused-ring (bicyclic) bond motifs is 1. The fourth-order valence-corrected chi connectivity index (χ4v) is 2.95. The Morgan fingerprint density at radius 1 is 1.42 bits per heavy atom. The average molecular weight is 346 g/mol. The van der Waals surface area contributed by atoms with Crippen molar-refractivity contribution in [3.05, 3.63) is 23.8 Å². The van der Waals surface area contributed by atoms with Gasteiger partial charge in [0.2, 0.25) is 0 Å². The molecule has 0 radical (unpaired) electrons. The predicted octanol–water partition coefficient (Wildman–Crippen LogP) is 1.14. The maximum absolute atomic E-state index is 10.6. The largest absolute Gasteiger partial charge is 0.545 e. The van der Waals surface area contributed by atoms with Gasteiger partial charge in [-0.1, -0.05) is 32.6 Å². The highest BCUT2D eigenvalue weighted by atomic mass is 79.9. The molecule has 19 heavy (non-hydrogen) atoms. The lowest BCUT2D eigenvalue weighted by atomic mass is 10.2. The molecule has 0 atom stereocenters. The van der Waals surface area contributed by atoms with E-state index in [-0.39, 0.29) is 5.56 Å². The molecule has 0 saturated carbocycles. The van der Waals surface area contributed by atoms with Gasteiger partial charge in [0.15, 0.2) is 0 Å². The maximum Gasteiger partial charge on any atom is 0.106 e. The van der Waals surface area contributed by atoms with Crippen molar-refractivity contribution in [3.63, 3.8) is 0 Å². The van der Waals surface area contributed by atoms with E-state index in [0.29, 0.717) is 10.2 Å². The van der Waals surface area contributed by atoms with Crippen LogP contribution in [0.1, 0.15) is 10.4 Å². The Bertz CT molecular complexity index is 551. The van der Waals surface area contributed by atoms with E-state index in [2.05, 4.69) is 46.7 Å². The van der Waals surface area contributed by atoms with Gasteiger partial charge < -0.3 is 14.4 Å². The van der Waals surface area contributed by atoms with E-state index in [9.17, 15) is 9.90 Å². The molecule has 1 aromatic heterocycles. The Balaban J connectivity index is 0.000000224. The quantitative estimate of drug-likeness (QED) is 0.618. The lowest BCUT2D eigenvalue weighted by molar-refractivity contribution is -0.867. The number of halogens is 1. The van der Waals surface area contributed by atoms with Crippen molar-refractivity contribution in [2.75, 3.05) is 33.0 Å². The molecule has 0 aliphatic rings. The summed E-state index contributed by atoms with van der Waals surface area (Å²) in [6.07, 6.45) is 0. The van der Waals surface area contributed by atoms with Crippen molar-refractivity contribution in [2.45, 2.75) is 0 Å². The molecule has 0 amide bonds. The molecule has 104 valence electrons. The van der Waals surface area contributed by atoms with Crippen LogP contribution in [0.3, 0.4) is 0 Å². The summed E-state index contributed by atoms with van der Waals surface area (Å²) < 4.78 is 5.26. The number of hydrogen-bond donors (Lipinski definition) is 0. The minimum absolute atomic E-state index is 0.155. The normalized spacial score (nSPS) is 10.9. The molecule has 0 fully saturated rings. The zero-order valence-electron chi connectivity index (χ0n) is 11.1. The molecule has 0 bridgehead atoms. The van der Waals surface area contributed by atoms with Gasteiger partial charge in [0.1, 0.15) is 5.52 Å². The van der Waals surface area contributed by atoms with Crippen LogP contribution in [0.15, 0.2) is 18.2 Å². The molecule has 1 aromatic carbocycles. The van der Waals surface area contributed by atoms with Gasteiger partial charge in [-0.25, -0.2) is 0 Å². The van der Waals surface area contributed by atoms with Gasteiger partial charge in [0.25, 0.3) is 0 Å². The number of carbonyl (C=O) groups excluding carboxylic acids is 1. The van der Waals surface area contributed by atoms with Crippen LogP contribution < -0.4 is 5.11 Å². The van der Waals surface area contributed by atoms with Crippen molar-refractivity contribution in [1.82, 2.24) is 9.59 Å². The first-order chi connectivity index (χ1) is 8.85. The van der Waals surface area contributed by atoms with Crippen molar-refractivity contribution >= 4 is 43.6 Å². The molecule has 0 aliphatic heterocycles. The monoisotopic (exact) mass is 345 g/mol. The summed E-state index contributed by atoms with van der Waals surface area (Å²) in [5.74, 6) is -1.19. The van der Waals surface area contributed by atoms with E-state index in [1.54, 1.807) is 12.1 Å². The summed E-state index contributed by atoms with van der Waals surface area (Å²) in [6, 6.07) is 4.82. The second-order valence-electron chi connectivity index (χ2n) is 4.92. The number of aromatic nitrogens is 2. The Labute approximate surface area is 124 Å². The molecular formula is C12H16BrN3O2S. The summed E-state index contributed by atoms with van der Waals surface area (Å²) in [6.45, 7) is 1.19. The highest BCUT2D eigenvalue weighted by molar-refractivity contribution is 9.09. The lowest BCUT2D eigenvalue weighted by Crippen LogP contribution is -2.35. The van der Waals surface area contributed by atoms with E-state index < -0.39 is 5.97 Å². The van der Waals surface area contributed by atoms with Crippen molar-refractivity contribution in [2.24, 2.45) is 0 Å². The van der Waals surface area contributed by atoms with Gasteiger partial charge in [0, 0.05) is 5.56 Å². The Hall–Kier alpha value is -1.05. The van der Waals surface area contributed by atoms with Crippen LogP contribution in [0.2, 0.25) is 0 Å². The van der Waals surface area contributed by atoms with Crippen LogP contribution in [-0.2, 0) is 0 Å². The molecule has 7 heteroatoms. The molecule has 0 N–H and O–H groups in total. The molecular weight excluding hydrogens is 330 g/mol. The molecule has 0 aliphatic carbocycles. The maximum atomic E-state index is 10.6. The number of quaternary nitrogens is 1. The van der Waals surface area contributed by atoms with E-state index in [4.69, 9.17) is 0 Å². The first kappa shape index (κ1) is 16.0. The predicted molar refractivity (Wildman–Crippen MR) is 78.4 cm³/mol. The number of hydrogen-bond acceptors (Lipinski definition) is 5. The van der Waals surface area contributed by atoms with Gasteiger partial charge in [-0.2, -0.15) is 0 Å². The molecule has 5 nitrogen and oxygen atoms in total. The Morgan fingerprint density at radius 3 is 2.58 bits per heavy atom. The summed E-state index contributed by atoms with van der Waals surface area (Å²) in [5, 5.41) is 15.4. The minimum atomic E-state index is -1.19. The van der Waals surface area contributed by atoms with Gasteiger partial charge in [-0.3, -0.25) is 0 Å². The number of rotatable bonds is 3. The van der Waals surface area contributed by atoms with Crippen molar-refractivity contribution < 1.29 is 14.4 Å². The topological polar surface area (TPSA) is 65.9 Å². The molecule has 1 heterocycles. The third kappa shape index (κ3) is 5.22. The van der Waals surface area contributed by atoms with Gasteiger partial charge in [-0.15, -0.1) is 5.10 Å². The molecule has 0 spiro atoms. The van der Waals surface area contributed by atoms with Gasteiger partial charge in [0.05, 0.1) is 43.7 Å². The van der Waals surface area contributed by atoms with E-state index in [1.165, 1.54) is 12.6 Å². The average Bonchev–Trinajstić information content (AvgIpc) is 2.75. The van der Waals surface area contributed by atoms with Crippen LogP contribution in [0.25, 0.3) is 10.2 Å². The van der Waals surface area contributed by atoms with Crippen molar-refractivity contribution in [3.8, 4) is 0 Å². The van der Waals surface area contributed by atoms with E-state index in [0.717, 1.165) is 21.3 Å². The van der Waals surface area contributed by atoms with Crippen LogP contribution in [0.4, 0.5) is 0 Å². The summed E-state index contributed by atoms with van der Waals surface area (Å²) in [7, 11) is 6.55. The molecule has 2 aromatic rings. The minimum Gasteiger partial charge on any atom is -0.545 e. The zero-order chi connectivity index (χ0) is 14.5. The second-order valence-corrected chi connectivity index (χ2v) is 6.46. The number of nitrogens with zero attached hydrogens (tertiary/aromatic N) is 3. The third-order valence-electron chi connectivity index (χ3n) is 2.25. The van der Waals surface area contributed by atoms with E-state index >= 15 is 0 Å². The lowest BCUT2D eigenvalue weighted by Gasteiger charge is -2.21. The Kier molecular flexibility index (Phi) is 5.84. The highest BCUT2D eigenvalue weighted by Gasteiger charge is 2.04. The second kappa shape index (κ2) is 6.93. The Morgan fingerprint density at radius 2 is 2.11 bits per heavy atom. The summed E-state index contributed by atoms with van der Waals surface area (Å²) >= 11 is 4.43. The smallest absolute Gasteiger partial charge is 0.106 e. The summed E-state index contributed by atoms with van der Waals surface area (Å²) in [5.41, 5.74) is 0.754. The molecule has 2 rings (SSSR count). The fraction of sp³-hybridized carbons (Fsp3) is 0.417. The van der Waals surface area contributed by atoms with Crippen LogP contribution in [0, 0.1) is 0 Å². The van der Waals surface area contributed by atoms with Crippen molar-refractivity contribution in [1.29, 1.82) is 0 Å². The zero-order valence-corrected chi connectivity index (χ0v) is 13.5. The van der Waals surface area contributed by atoms with Crippen LogP contribution in [0.5, 0.6) is 0 Å². The third-order valence-corrected chi connectivity index (χ3v) is 3.38. The number of carboxylic acids is 1. The number of carboxylic acid groups (broad SMARTS) is 1. The number of benzene rings is 1. The SMILES string of the molecule is C[N+](C)(C)CCBr.O=C([O-])c1cccc2nnsc12. The highest BCUT2D eigenvalue weighted by Crippen LogP contribution is 2.19. The van der Waals surface area contributed by atoms with Crippen LogP contribution >= 0.6 is 27.5 Å². The van der Waals surface area contributed by atoms with Gasteiger partial charge in [-0.05, 0) is 17.6 Å². The fourth-order valence-electron chi connectivity index (χ4n) is 1.22. The number of aromatic carboxylic acids is 1. The van der Waals surface area contributed by atoms with E-state index in [1.807, 2.05) is 0 Å².